The van der Waals surface area contributed by atoms with Crippen molar-refractivity contribution in [1.82, 2.24) is 9.78 Å². The topological polar surface area (TPSA) is 78.9 Å². The molecule has 5 nitrogen and oxygen atoms in total. The molecule has 8 heteroatoms. The zero-order valence-corrected chi connectivity index (χ0v) is 16.2. The molecule has 2 aromatic rings. The molecule has 0 radical (unpaired) electrons. The molecule has 1 aromatic heterocycles. The van der Waals surface area contributed by atoms with Gasteiger partial charge in [0.1, 0.15) is 0 Å². The number of benzene rings is 1. The molecule has 0 aliphatic rings. The van der Waals surface area contributed by atoms with Crippen LogP contribution in [0.4, 0.5) is 13.2 Å². The van der Waals surface area contributed by atoms with Crippen LogP contribution in [0.3, 0.4) is 0 Å². The first-order valence-corrected chi connectivity index (χ1v) is 8.89. The van der Waals surface area contributed by atoms with Crippen LogP contribution in [0.25, 0.3) is 11.3 Å². The standard InChI is InChI=1S/C20H22F3N3O2/c1-5-14-16(18(27)28)25-26(6-2)17(14)15-8-7-12(9-13(15)11-24)10-19(3,4)20(21,22)23/h7-9H,5-6,10H2,1-4H3,(H,27,28). The van der Waals surface area contributed by atoms with Gasteiger partial charge in [0, 0.05) is 17.7 Å². The SMILES string of the molecule is CCc1c(C(=O)O)nn(CC)c1-c1ccc(CC(C)(C)C(F)(F)F)cc1C#N. The lowest BCUT2D eigenvalue weighted by molar-refractivity contribution is -0.211. The van der Waals surface area contributed by atoms with Gasteiger partial charge in [0.25, 0.3) is 0 Å². The van der Waals surface area contributed by atoms with E-state index in [2.05, 4.69) is 5.10 Å². The van der Waals surface area contributed by atoms with Crippen LogP contribution in [0, 0.1) is 16.7 Å². The van der Waals surface area contributed by atoms with Crippen molar-refractivity contribution in [2.75, 3.05) is 0 Å². The lowest BCUT2D eigenvalue weighted by Gasteiger charge is -2.28. The van der Waals surface area contributed by atoms with E-state index in [0.717, 1.165) is 13.8 Å². The molecular formula is C20H22F3N3O2. The van der Waals surface area contributed by atoms with Crippen LogP contribution >= 0.6 is 0 Å². The highest BCUT2D eigenvalue weighted by Gasteiger charge is 2.47. The third kappa shape index (κ3) is 3.88. The van der Waals surface area contributed by atoms with Gasteiger partial charge in [0.05, 0.1) is 22.7 Å². The number of aromatic carboxylic acids is 1. The highest BCUT2D eigenvalue weighted by atomic mass is 19.4. The first-order chi connectivity index (χ1) is 13.0. The Balaban J connectivity index is 2.61. The second-order valence-electron chi connectivity index (χ2n) is 7.20. The minimum atomic E-state index is -4.37. The number of halogens is 3. The maximum absolute atomic E-state index is 13.2. The van der Waals surface area contributed by atoms with Gasteiger partial charge in [-0.2, -0.15) is 23.5 Å². The number of alkyl halides is 3. The molecule has 0 spiro atoms. The summed E-state index contributed by atoms with van der Waals surface area (Å²) in [6, 6.07) is 6.60. The van der Waals surface area contributed by atoms with Crippen molar-refractivity contribution in [3.63, 3.8) is 0 Å². The lowest BCUT2D eigenvalue weighted by Crippen LogP contribution is -2.34. The predicted octanol–water partition coefficient (Wildman–Crippen LogP) is 4.83. The fraction of sp³-hybridized carbons (Fsp3) is 0.450. The Morgan fingerprint density at radius 3 is 2.39 bits per heavy atom. The van der Waals surface area contributed by atoms with Crippen LogP contribution in [-0.4, -0.2) is 27.0 Å². The number of hydrogen-bond donors (Lipinski definition) is 1. The monoisotopic (exact) mass is 393 g/mol. The quantitative estimate of drug-likeness (QED) is 0.762. The number of rotatable bonds is 6. The second kappa shape index (κ2) is 7.66. The van der Waals surface area contributed by atoms with Crippen molar-refractivity contribution in [1.29, 1.82) is 5.26 Å². The summed E-state index contributed by atoms with van der Waals surface area (Å²) in [5.74, 6) is -1.16. The summed E-state index contributed by atoms with van der Waals surface area (Å²) >= 11 is 0. The Morgan fingerprint density at radius 2 is 1.93 bits per heavy atom. The molecule has 0 aliphatic heterocycles. The number of hydrogen-bond acceptors (Lipinski definition) is 3. The summed E-state index contributed by atoms with van der Waals surface area (Å²) in [5, 5.41) is 23.1. The van der Waals surface area contributed by atoms with E-state index in [1.807, 2.05) is 6.07 Å². The van der Waals surface area contributed by atoms with Crippen LogP contribution in [0.15, 0.2) is 18.2 Å². The summed E-state index contributed by atoms with van der Waals surface area (Å²) in [5.41, 5.74) is 0.0470. The smallest absolute Gasteiger partial charge is 0.394 e. The molecule has 0 atom stereocenters. The number of carboxylic acids is 1. The minimum Gasteiger partial charge on any atom is -0.476 e. The molecule has 1 N–H and O–H groups in total. The molecule has 28 heavy (non-hydrogen) atoms. The second-order valence-corrected chi connectivity index (χ2v) is 7.20. The highest BCUT2D eigenvalue weighted by Crippen LogP contribution is 2.41. The maximum Gasteiger partial charge on any atom is 0.394 e. The Morgan fingerprint density at radius 1 is 1.29 bits per heavy atom. The van der Waals surface area contributed by atoms with E-state index >= 15 is 0 Å². The van der Waals surface area contributed by atoms with E-state index in [4.69, 9.17) is 0 Å². The van der Waals surface area contributed by atoms with E-state index < -0.39 is 17.6 Å². The molecular weight excluding hydrogens is 371 g/mol. The molecule has 0 unspecified atom stereocenters. The van der Waals surface area contributed by atoms with Gasteiger partial charge < -0.3 is 5.11 Å². The fourth-order valence-electron chi connectivity index (χ4n) is 3.15. The third-order valence-corrected chi connectivity index (χ3v) is 4.78. The normalized spacial score (nSPS) is 12.1. The van der Waals surface area contributed by atoms with Crippen molar-refractivity contribution in [2.45, 2.75) is 53.3 Å². The van der Waals surface area contributed by atoms with E-state index in [1.165, 1.54) is 10.7 Å². The molecule has 0 saturated carbocycles. The summed E-state index contributed by atoms with van der Waals surface area (Å²) in [7, 11) is 0. The highest BCUT2D eigenvalue weighted by molar-refractivity contribution is 5.90. The van der Waals surface area contributed by atoms with Crippen LogP contribution in [0.2, 0.25) is 0 Å². The van der Waals surface area contributed by atoms with Crippen LogP contribution < -0.4 is 0 Å². The Labute approximate surface area is 161 Å². The number of nitrogens with zero attached hydrogens (tertiary/aromatic N) is 3. The first kappa shape index (κ1) is 21.5. The number of nitriles is 1. The summed E-state index contributed by atoms with van der Waals surface area (Å²) in [6.45, 7) is 6.22. The van der Waals surface area contributed by atoms with Gasteiger partial charge in [0.2, 0.25) is 0 Å². The zero-order chi connectivity index (χ0) is 21.3. The van der Waals surface area contributed by atoms with Crippen molar-refractivity contribution in [2.24, 2.45) is 5.41 Å². The van der Waals surface area contributed by atoms with Gasteiger partial charge in [-0.3, -0.25) is 4.68 Å². The van der Waals surface area contributed by atoms with Gasteiger partial charge >= 0.3 is 12.1 Å². The Bertz CT molecular complexity index is 937. The Hall–Kier alpha value is -2.82. The lowest BCUT2D eigenvalue weighted by atomic mass is 9.84. The van der Waals surface area contributed by atoms with E-state index in [1.54, 1.807) is 26.0 Å². The molecule has 0 fully saturated rings. The minimum absolute atomic E-state index is 0.0782. The molecule has 150 valence electrons. The van der Waals surface area contributed by atoms with Crippen molar-refractivity contribution >= 4 is 5.97 Å². The third-order valence-electron chi connectivity index (χ3n) is 4.78. The number of carbonyl (C=O) groups is 1. The van der Waals surface area contributed by atoms with Crippen molar-refractivity contribution in [3.05, 3.63) is 40.6 Å². The van der Waals surface area contributed by atoms with Gasteiger partial charge in [-0.1, -0.05) is 32.9 Å². The first-order valence-electron chi connectivity index (χ1n) is 8.89. The fourth-order valence-corrected chi connectivity index (χ4v) is 3.15. The zero-order valence-electron chi connectivity index (χ0n) is 16.2. The van der Waals surface area contributed by atoms with Gasteiger partial charge in [-0.15, -0.1) is 0 Å². The number of aryl methyl sites for hydroxylation is 1. The molecule has 0 bridgehead atoms. The summed E-state index contributed by atoms with van der Waals surface area (Å²) < 4.78 is 41.1. The molecule has 0 amide bonds. The van der Waals surface area contributed by atoms with Gasteiger partial charge in [-0.05, 0) is 31.4 Å². The molecule has 1 aromatic carbocycles. The Kier molecular flexibility index (Phi) is 5.88. The summed E-state index contributed by atoms with van der Waals surface area (Å²) in [6.07, 6.45) is -4.24. The number of aromatic nitrogens is 2. The molecule has 2 rings (SSSR count). The van der Waals surface area contributed by atoms with Gasteiger partial charge in [-0.25, -0.2) is 4.79 Å². The number of carboxylic acid groups (broad SMARTS) is 1. The van der Waals surface area contributed by atoms with Crippen molar-refractivity contribution < 1.29 is 23.1 Å². The largest absolute Gasteiger partial charge is 0.476 e. The van der Waals surface area contributed by atoms with Crippen molar-refractivity contribution in [3.8, 4) is 17.3 Å². The van der Waals surface area contributed by atoms with Gasteiger partial charge in [0.15, 0.2) is 5.69 Å². The van der Waals surface area contributed by atoms with E-state index in [9.17, 15) is 28.3 Å². The van der Waals surface area contributed by atoms with E-state index in [0.29, 0.717) is 35.3 Å². The molecule has 1 heterocycles. The maximum atomic E-state index is 13.2. The van der Waals surface area contributed by atoms with E-state index in [-0.39, 0.29) is 17.7 Å². The van der Waals surface area contributed by atoms with Crippen LogP contribution in [0.1, 0.15) is 54.9 Å². The van der Waals surface area contributed by atoms with Crippen LogP contribution in [-0.2, 0) is 19.4 Å². The predicted molar refractivity (Wildman–Crippen MR) is 97.9 cm³/mol. The molecule has 0 aliphatic carbocycles. The summed E-state index contributed by atoms with van der Waals surface area (Å²) in [4.78, 5) is 11.5. The molecule has 0 saturated heterocycles. The average molecular weight is 393 g/mol. The average Bonchev–Trinajstić information content (AvgIpc) is 2.99. The van der Waals surface area contributed by atoms with Crippen LogP contribution in [0.5, 0.6) is 0 Å².